The summed E-state index contributed by atoms with van der Waals surface area (Å²) in [5.74, 6) is 0. The van der Waals surface area contributed by atoms with Gasteiger partial charge in [-0.15, -0.1) is 0 Å². The summed E-state index contributed by atoms with van der Waals surface area (Å²) < 4.78 is 4.44. The molecule has 0 N–H and O–H groups in total. The van der Waals surface area contributed by atoms with E-state index < -0.39 is 0 Å². The van der Waals surface area contributed by atoms with Gasteiger partial charge in [0.05, 0.1) is 0 Å². The SMILES string of the molecule is C1=[As]ON=N1. The molecule has 1 heterocycles. The van der Waals surface area contributed by atoms with Crippen molar-refractivity contribution in [2.24, 2.45) is 10.4 Å². The van der Waals surface area contributed by atoms with Crippen LogP contribution < -0.4 is 0 Å². The van der Waals surface area contributed by atoms with Crippen LogP contribution >= 0.6 is 0 Å². The van der Waals surface area contributed by atoms with E-state index in [1.165, 1.54) is 0 Å². The van der Waals surface area contributed by atoms with E-state index in [2.05, 4.69) is 14.2 Å². The van der Waals surface area contributed by atoms with Crippen molar-refractivity contribution in [3.63, 3.8) is 0 Å². The Balaban J connectivity index is 2.61. The van der Waals surface area contributed by atoms with Gasteiger partial charge in [0.1, 0.15) is 0 Å². The molecule has 3 nitrogen and oxygen atoms in total. The van der Waals surface area contributed by atoms with E-state index in [1.54, 1.807) is 4.93 Å². The summed E-state index contributed by atoms with van der Waals surface area (Å²) in [6.07, 6.45) is 0. The standard InChI is InChI=1S/CHAsN2O/c1-2-5-4-3-1/h1H. The third-order valence-electron chi connectivity index (χ3n) is 0.230. The third kappa shape index (κ3) is 0.549. The van der Waals surface area contributed by atoms with Gasteiger partial charge in [-0.2, -0.15) is 0 Å². The van der Waals surface area contributed by atoms with E-state index in [4.69, 9.17) is 0 Å². The van der Waals surface area contributed by atoms with Gasteiger partial charge in [0.2, 0.25) is 0 Å². The van der Waals surface area contributed by atoms with Crippen molar-refractivity contribution < 1.29 is 3.83 Å². The number of nitrogens with zero attached hydrogens (tertiary/aromatic N) is 2. The van der Waals surface area contributed by atoms with E-state index in [0.29, 0.717) is 0 Å². The van der Waals surface area contributed by atoms with E-state index in [9.17, 15) is 0 Å². The first-order valence-corrected chi connectivity index (χ1v) is 2.93. The Labute approximate surface area is 35.6 Å². The van der Waals surface area contributed by atoms with Gasteiger partial charge in [-0.25, -0.2) is 0 Å². The molecule has 0 unspecified atom stereocenters. The number of rotatable bonds is 0. The number of hydrogen-bond donors (Lipinski definition) is 0. The Kier molecular flexibility index (Phi) is 0.798. The zero-order valence-corrected chi connectivity index (χ0v) is 4.20. The number of hydrogen-bond acceptors (Lipinski definition) is 3. The van der Waals surface area contributed by atoms with Gasteiger partial charge < -0.3 is 0 Å². The van der Waals surface area contributed by atoms with Crippen LogP contribution in [-0.4, -0.2) is 20.6 Å². The van der Waals surface area contributed by atoms with Crippen molar-refractivity contribution in [1.82, 2.24) is 0 Å². The van der Waals surface area contributed by atoms with E-state index in [1.807, 2.05) is 0 Å². The van der Waals surface area contributed by atoms with Crippen molar-refractivity contribution in [1.29, 1.82) is 0 Å². The maximum absolute atomic E-state index is 4.44. The third-order valence-corrected chi connectivity index (χ3v) is 0.995. The van der Waals surface area contributed by atoms with Crippen molar-refractivity contribution in [3.8, 4) is 0 Å². The van der Waals surface area contributed by atoms with Gasteiger partial charge in [0, 0.05) is 0 Å². The Morgan fingerprint density at radius 3 is 3.00 bits per heavy atom. The molecule has 0 aromatic heterocycles. The molecule has 0 aromatic carbocycles. The minimum absolute atomic E-state index is 0.104. The van der Waals surface area contributed by atoms with E-state index >= 15 is 0 Å². The monoisotopic (exact) mass is 132 g/mol. The normalized spacial score (nSPS) is 19.2. The molecule has 26 valence electrons. The molecule has 0 aromatic rings. The van der Waals surface area contributed by atoms with Gasteiger partial charge in [0.15, 0.2) is 0 Å². The molecule has 1 aliphatic rings. The average molecular weight is 132 g/mol. The first-order valence-electron chi connectivity index (χ1n) is 1.08. The second-order valence-corrected chi connectivity index (χ2v) is 1.77. The summed E-state index contributed by atoms with van der Waals surface area (Å²) in [6.45, 7) is 0. The van der Waals surface area contributed by atoms with Crippen molar-refractivity contribution >= 4 is 20.6 Å². The second-order valence-electron chi connectivity index (χ2n) is 0.500. The minimum atomic E-state index is -0.104. The van der Waals surface area contributed by atoms with Gasteiger partial charge in [-0.3, -0.25) is 0 Å². The molecule has 5 heavy (non-hydrogen) atoms. The van der Waals surface area contributed by atoms with Crippen LogP contribution in [0.5, 0.6) is 0 Å². The van der Waals surface area contributed by atoms with Crippen LogP contribution in [0.3, 0.4) is 0 Å². The van der Waals surface area contributed by atoms with E-state index in [-0.39, 0.29) is 15.7 Å². The Morgan fingerprint density at radius 2 is 2.80 bits per heavy atom. The van der Waals surface area contributed by atoms with Crippen molar-refractivity contribution in [2.75, 3.05) is 0 Å². The Hall–Kier alpha value is -0.172. The fourth-order valence-electron chi connectivity index (χ4n) is 0.105. The zero-order chi connectivity index (χ0) is 3.54. The van der Waals surface area contributed by atoms with E-state index in [0.717, 1.165) is 0 Å². The summed E-state index contributed by atoms with van der Waals surface area (Å²) in [5, 5.41) is 6.60. The fraction of sp³-hybridized carbons (Fsp3) is 0. The van der Waals surface area contributed by atoms with Crippen molar-refractivity contribution in [3.05, 3.63) is 0 Å². The molecular formula is CHAsN2O. The van der Waals surface area contributed by atoms with Gasteiger partial charge >= 0.3 is 34.8 Å². The predicted octanol–water partition coefficient (Wildman–Crippen LogP) is -0.237. The molecular weight excluding hydrogens is 131 g/mol. The van der Waals surface area contributed by atoms with Crippen LogP contribution in [0, 0.1) is 0 Å². The summed E-state index contributed by atoms with van der Waals surface area (Å²) >= 11 is -0.104. The summed E-state index contributed by atoms with van der Waals surface area (Å²) in [4.78, 5) is 1.69. The van der Waals surface area contributed by atoms with Gasteiger partial charge in [-0.1, -0.05) is 0 Å². The molecule has 1 aliphatic heterocycles. The molecule has 4 heteroatoms. The van der Waals surface area contributed by atoms with Crippen molar-refractivity contribution in [2.45, 2.75) is 0 Å². The molecule has 0 saturated carbocycles. The first kappa shape index (κ1) is 3.04. The first-order chi connectivity index (χ1) is 2.50. The molecule has 0 radical (unpaired) electrons. The molecule has 1 rings (SSSR count). The Bertz CT molecular complexity index is 67.7. The van der Waals surface area contributed by atoms with Crippen LogP contribution in [0.15, 0.2) is 10.4 Å². The van der Waals surface area contributed by atoms with Crippen LogP contribution in [0.4, 0.5) is 0 Å². The van der Waals surface area contributed by atoms with Crippen LogP contribution in [0.2, 0.25) is 0 Å². The zero-order valence-electron chi connectivity index (χ0n) is 2.33. The summed E-state index contributed by atoms with van der Waals surface area (Å²) in [7, 11) is 0. The average Bonchev–Trinajstić information content (AvgIpc) is 1.76. The van der Waals surface area contributed by atoms with Gasteiger partial charge in [-0.05, 0) is 0 Å². The Morgan fingerprint density at radius 1 is 1.80 bits per heavy atom. The van der Waals surface area contributed by atoms with Crippen LogP contribution in [0.25, 0.3) is 0 Å². The summed E-state index contributed by atoms with van der Waals surface area (Å²) in [5.41, 5.74) is 0. The molecule has 0 saturated heterocycles. The molecule has 0 bridgehead atoms. The maximum atomic E-state index is 4.44. The molecule has 0 atom stereocenters. The summed E-state index contributed by atoms with van der Waals surface area (Å²) in [6, 6.07) is 0. The molecule has 0 fully saturated rings. The predicted molar refractivity (Wildman–Crippen MR) is 17.8 cm³/mol. The molecule has 0 amide bonds. The topological polar surface area (TPSA) is 34.0 Å². The molecule has 0 spiro atoms. The van der Waals surface area contributed by atoms with Crippen LogP contribution in [-0.2, 0) is 3.83 Å². The quantitative estimate of drug-likeness (QED) is 0.419. The van der Waals surface area contributed by atoms with Crippen LogP contribution in [0.1, 0.15) is 0 Å². The molecule has 0 aliphatic carbocycles. The van der Waals surface area contributed by atoms with Gasteiger partial charge in [0.25, 0.3) is 0 Å². The second kappa shape index (κ2) is 1.31. The fourth-order valence-corrected chi connectivity index (χ4v) is 0.548.